The molecule has 2 amide bonds. The highest BCUT2D eigenvalue weighted by Crippen LogP contribution is 2.41. The number of nitrogens with zero attached hydrogens (tertiary/aromatic N) is 8. The van der Waals surface area contributed by atoms with Crippen LogP contribution in [0.3, 0.4) is 0 Å². The predicted molar refractivity (Wildman–Crippen MR) is 141 cm³/mol. The van der Waals surface area contributed by atoms with Crippen LogP contribution >= 0.6 is 35.1 Å². The first-order chi connectivity index (χ1) is 19.1. The summed E-state index contributed by atoms with van der Waals surface area (Å²) in [6.07, 6.45) is -0.726. The molecule has 18 nitrogen and oxygen atoms in total. The van der Waals surface area contributed by atoms with Crippen LogP contribution < -0.4 is 16.8 Å². The van der Waals surface area contributed by atoms with E-state index in [1.807, 2.05) is 0 Å². The normalized spacial score (nSPS) is 19.6. The third-order valence-corrected chi connectivity index (χ3v) is 8.43. The lowest BCUT2D eigenvalue weighted by Gasteiger charge is -2.49. The molecular formula is C19H23N11O7S3. The van der Waals surface area contributed by atoms with Gasteiger partial charge in [-0.3, -0.25) is 14.5 Å². The third-order valence-electron chi connectivity index (χ3n) is 5.50. The van der Waals surface area contributed by atoms with Gasteiger partial charge in [0.1, 0.15) is 17.1 Å². The van der Waals surface area contributed by atoms with Gasteiger partial charge in [0.05, 0.1) is 0 Å². The number of tetrazole rings is 1. The van der Waals surface area contributed by atoms with Crippen LogP contribution in [0.2, 0.25) is 0 Å². The minimum absolute atomic E-state index is 0.0190. The third kappa shape index (κ3) is 6.16. The highest BCUT2D eigenvalue weighted by atomic mass is 32.2. The number of nitrogens with two attached hydrogens (primary N) is 2. The lowest BCUT2D eigenvalue weighted by Crippen LogP contribution is -2.71. The Kier molecular flexibility index (Phi) is 9.17. The zero-order valence-corrected chi connectivity index (χ0v) is 23.1. The van der Waals surface area contributed by atoms with Crippen molar-refractivity contribution in [1.29, 1.82) is 0 Å². The second-order valence-corrected chi connectivity index (χ2v) is 11.0. The Hall–Kier alpha value is -3.82. The molecule has 0 spiro atoms. The second kappa shape index (κ2) is 12.6. The molecule has 40 heavy (non-hydrogen) atoms. The van der Waals surface area contributed by atoms with Gasteiger partial charge in [0.2, 0.25) is 22.8 Å². The van der Waals surface area contributed by atoms with E-state index in [9.17, 15) is 24.3 Å². The van der Waals surface area contributed by atoms with E-state index in [1.165, 1.54) is 30.4 Å². The zero-order valence-electron chi connectivity index (χ0n) is 20.7. The molecule has 21 heteroatoms. The summed E-state index contributed by atoms with van der Waals surface area (Å²) in [4.78, 5) is 59.2. The molecule has 4 heterocycles. The number of oxime groups is 1. The number of carboxylic acid groups (broad SMARTS) is 2. The quantitative estimate of drug-likeness (QED) is 0.0720. The molecule has 4 rings (SSSR count). The number of amides is 2. The van der Waals surface area contributed by atoms with Crippen molar-refractivity contribution < 1.29 is 34.2 Å². The van der Waals surface area contributed by atoms with Gasteiger partial charge in [-0.15, -0.1) is 16.9 Å². The van der Waals surface area contributed by atoms with Crippen molar-refractivity contribution in [3.05, 3.63) is 17.1 Å². The Bertz CT molecular complexity index is 1380. The number of carboxylic acids is 2. The zero-order chi connectivity index (χ0) is 29.0. The highest BCUT2D eigenvalue weighted by molar-refractivity contribution is 8.01. The van der Waals surface area contributed by atoms with Crippen LogP contribution in [0.1, 0.15) is 19.2 Å². The number of hydrogen-bond donors (Lipinski definition) is 5. The van der Waals surface area contributed by atoms with Crippen molar-refractivity contribution in [2.75, 3.05) is 23.8 Å². The first-order valence-electron chi connectivity index (χ1n) is 11.5. The van der Waals surface area contributed by atoms with Gasteiger partial charge < -0.3 is 31.8 Å². The topological polar surface area (TPSA) is 267 Å². The van der Waals surface area contributed by atoms with Crippen molar-refractivity contribution in [2.45, 2.75) is 42.6 Å². The van der Waals surface area contributed by atoms with Gasteiger partial charge in [-0.05, 0) is 35.9 Å². The van der Waals surface area contributed by atoms with Crippen molar-refractivity contribution in [3.8, 4) is 0 Å². The number of hydrogen-bond acceptors (Lipinski definition) is 16. The van der Waals surface area contributed by atoms with Gasteiger partial charge in [0.15, 0.2) is 5.13 Å². The van der Waals surface area contributed by atoms with Crippen LogP contribution in [-0.4, -0.2) is 110 Å². The number of rotatable bonds is 13. The molecule has 0 aliphatic carbocycles. The fraction of sp³-hybridized carbons (Fsp3) is 0.474. The van der Waals surface area contributed by atoms with Gasteiger partial charge >= 0.3 is 11.9 Å². The number of nitrogens with one attached hydrogen (secondary N) is 1. The molecule has 7 N–H and O–H groups in total. The van der Waals surface area contributed by atoms with Crippen molar-refractivity contribution >= 4 is 69.7 Å². The highest BCUT2D eigenvalue weighted by Gasteiger charge is 2.54. The number of fused-ring (bicyclic) bond motifs is 1. The fourth-order valence-corrected chi connectivity index (χ4v) is 6.35. The molecular weight excluding hydrogens is 590 g/mol. The number of aryl methyl sites for hydroxylation is 1. The first-order valence-corrected chi connectivity index (χ1v) is 14.3. The number of aromatic nitrogens is 6. The van der Waals surface area contributed by atoms with E-state index in [0.29, 0.717) is 30.2 Å². The van der Waals surface area contributed by atoms with Crippen molar-refractivity contribution in [3.63, 3.8) is 0 Å². The number of nitrogen functional groups attached to an aromatic ring is 1. The molecule has 214 valence electrons. The molecule has 0 saturated carbocycles. The van der Waals surface area contributed by atoms with Gasteiger partial charge in [-0.2, -0.15) is 9.36 Å². The molecule has 0 aromatic carbocycles. The molecule has 2 aromatic rings. The van der Waals surface area contributed by atoms with Crippen molar-refractivity contribution in [2.24, 2.45) is 10.9 Å². The average Bonchev–Trinajstić information content (AvgIpc) is 3.56. The van der Waals surface area contributed by atoms with E-state index in [4.69, 9.17) is 21.4 Å². The SMILES string of the molecule is CC(O/N=C(/C(=O)NC1C(=O)N2C(C(=O)O)=C(CSc3nnnn3CCCN)CSC12)c1nsc(N)n1)C(=O)O. The maximum atomic E-state index is 13.1. The molecule has 1 fully saturated rings. The van der Waals surface area contributed by atoms with Crippen LogP contribution in [0.4, 0.5) is 5.13 Å². The lowest BCUT2D eigenvalue weighted by atomic mass is 10.0. The number of carbonyl (C=O) groups is 4. The number of thioether (sulfide) groups is 2. The van der Waals surface area contributed by atoms with Gasteiger partial charge in [-0.25, -0.2) is 14.3 Å². The number of β-lactam (4-membered cyclic amide) rings is 1. The summed E-state index contributed by atoms with van der Waals surface area (Å²) in [5.74, 6) is -3.93. The molecule has 2 aliphatic rings. The summed E-state index contributed by atoms with van der Waals surface area (Å²) in [6.45, 7) is 2.17. The Balaban J connectivity index is 1.48. The van der Waals surface area contributed by atoms with E-state index in [0.717, 1.165) is 16.4 Å². The van der Waals surface area contributed by atoms with Crippen LogP contribution in [0.5, 0.6) is 0 Å². The number of aliphatic carboxylic acids is 2. The van der Waals surface area contributed by atoms with Gasteiger partial charge in [0.25, 0.3) is 11.8 Å². The second-order valence-electron chi connectivity index (χ2n) is 8.22. The molecule has 0 bridgehead atoms. The summed E-state index contributed by atoms with van der Waals surface area (Å²) < 4.78 is 5.47. The number of anilines is 1. The summed E-state index contributed by atoms with van der Waals surface area (Å²) in [6, 6.07) is -1.09. The summed E-state index contributed by atoms with van der Waals surface area (Å²) in [5, 5.41) is 36.3. The predicted octanol–water partition coefficient (Wildman–Crippen LogP) is -1.82. The maximum Gasteiger partial charge on any atom is 0.352 e. The van der Waals surface area contributed by atoms with Gasteiger partial charge in [0, 0.05) is 29.6 Å². The van der Waals surface area contributed by atoms with E-state index in [2.05, 4.69) is 35.4 Å². The smallest absolute Gasteiger partial charge is 0.352 e. The van der Waals surface area contributed by atoms with Crippen LogP contribution in [0, 0.1) is 0 Å². The van der Waals surface area contributed by atoms with Gasteiger partial charge in [-0.1, -0.05) is 16.9 Å². The fourth-order valence-electron chi connectivity index (χ4n) is 3.53. The Labute approximate surface area is 237 Å². The van der Waals surface area contributed by atoms with Crippen LogP contribution in [0.25, 0.3) is 0 Å². The van der Waals surface area contributed by atoms with E-state index in [1.54, 1.807) is 4.68 Å². The summed E-state index contributed by atoms with van der Waals surface area (Å²) in [5.41, 5.74) is 11.0. The molecule has 1 saturated heterocycles. The average molecular weight is 614 g/mol. The minimum Gasteiger partial charge on any atom is -0.478 e. The molecule has 0 radical (unpaired) electrons. The van der Waals surface area contributed by atoms with Crippen molar-refractivity contribution in [1.82, 2.24) is 39.8 Å². The summed E-state index contributed by atoms with van der Waals surface area (Å²) >= 11 is 3.27. The summed E-state index contributed by atoms with van der Waals surface area (Å²) in [7, 11) is 0. The Morgan fingerprint density at radius 3 is 2.77 bits per heavy atom. The standard InChI is InChI=1S/C19H23N11O7S3/c1-7(16(33)34)37-25-9(12-23-18(21)40-26-12)13(31)22-10-14(32)30-11(17(35)36)8(5-38-15(10)30)6-39-19-24-27-28-29(19)4-2-3-20/h7,10,15H,2-6,20H2,1H3,(H,22,31)(H,33,34)(H,35,36)(H2,21,23,26)/b25-9+. The molecule has 2 aliphatic heterocycles. The molecule has 2 aromatic heterocycles. The monoisotopic (exact) mass is 613 g/mol. The molecule has 3 unspecified atom stereocenters. The van der Waals surface area contributed by atoms with Crippen LogP contribution in [0.15, 0.2) is 21.6 Å². The first kappa shape index (κ1) is 29.2. The Morgan fingerprint density at radius 1 is 1.35 bits per heavy atom. The number of carbonyl (C=O) groups excluding carboxylic acids is 2. The molecule has 3 atom stereocenters. The van der Waals surface area contributed by atoms with E-state index >= 15 is 0 Å². The Morgan fingerprint density at radius 2 is 2.12 bits per heavy atom. The maximum absolute atomic E-state index is 13.1. The van der Waals surface area contributed by atoms with E-state index < -0.39 is 47.0 Å². The largest absolute Gasteiger partial charge is 0.478 e. The minimum atomic E-state index is -1.39. The van der Waals surface area contributed by atoms with Crippen LogP contribution in [-0.2, 0) is 30.6 Å². The van der Waals surface area contributed by atoms with E-state index in [-0.39, 0.29) is 28.2 Å². The lowest BCUT2D eigenvalue weighted by molar-refractivity contribution is -0.150.